The molecule has 0 radical (unpaired) electrons. The summed E-state index contributed by atoms with van der Waals surface area (Å²) in [6.45, 7) is 2.03. The van der Waals surface area contributed by atoms with E-state index in [4.69, 9.17) is 4.74 Å². The summed E-state index contributed by atoms with van der Waals surface area (Å²) in [6, 6.07) is 11.7. The molecular weight excluding hydrogens is 371 g/mol. The van der Waals surface area contributed by atoms with Crippen LogP contribution in [0.4, 0.5) is 15.8 Å². The Morgan fingerprint density at radius 2 is 1.96 bits per heavy atom. The third-order valence-electron chi connectivity index (χ3n) is 4.27. The van der Waals surface area contributed by atoms with E-state index in [2.05, 4.69) is 10.0 Å². The number of hydrogen-bond donors (Lipinski definition) is 2. The van der Waals surface area contributed by atoms with Crippen molar-refractivity contribution in [2.45, 2.75) is 11.8 Å². The molecule has 1 aliphatic heterocycles. The van der Waals surface area contributed by atoms with Gasteiger partial charge in [0, 0.05) is 28.1 Å². The molecule has 0 fully saturated rings. The molecule has 8 heteroatoms. The maximum Gasteiger partial charge on any atom is 0.262 e. The quantitative estimate of drug-likeness (QED) is 0.700. The van der Waals surface area contributed by atoms with Crippen LogP contribution in [0.15, 0.2) is 53.4 Å². The summed E-state index contributed by atoms with van der Waals surface area (Å²) in [5, 5.41) is 3.68. The molecule has 0 bridgehead atoms. The average Bonchev–Trinajstić information content (AvgIpc) is 2.95. The molecule has 3 aromatic rings. The summed E-state index contributed by atoms with van der Waals surface area (Å²) in [6.07, 6.45) is 0. The number of hydrogen-bond acceptors (Lipinski definition) is 4. The Morgan fingerprint density at radius 1 is 1.15 bits per heavy atom. The highest BCUT2D eigenvalue weighted by Crippen LogP contribution is 2.37. The third kappa shape index (κ3) is 2.87. The number of benzene rings is 3. The van der Waals surface area contributed by atoms with Gasteiger partial charge in [0.1, 0.15) is 0 Å². The Hall–Kier alpha value is -3.13. The van der Waals surface area contributed by atoms with E-state index in [-0.39, 0.29) is 22.2 Å². The highest BCUT2D eigenvalue weighted by Gasteiger charge is 2.26. The molecule has 1 aliphatic rings. The zero-order chi connectivity index (χ0) is 19.2. The summed E-state index contributed by atoms with van der Waals surface area (Å²) in [4.78, 5) is 12.0. The molecule has 3 aromatic carbocycles. The number of nitrogens with one attached hydrogen (secondary N) is 2. The molecule has 0 spiro atoms. The summed E-state index contributed by atoms with van der Waals surface area (Å²) in [7, 11) is -4.00. The SMILES string of the molecule is CCOc1ccc(NS(=O)(=O)c2ccc3c4c(cccc24)C(=O)N3)cc1F. The number of amides is 1. The van der Waals surface area contributed by atoms with Gasteiger partial charge in [0.25, 0.3) is 15.9 Å². The van der Waals surface area contributed by atoms with Crippen LogP contribution < -0.4 is 14.8 Å². The van der Waals surface area contributed by atoms with Crippen molar-refractivity contribution in [2.75, 3.05) is 16.6 Å². The van der Waals surface area contributed by atoms with E-state index in [1.165, 1.54) is 18.2 Å². The van der Waals surface area contributed by atoms with Crippen LogP contribution in [0.2, 0.25) is 0 Å². The number of halogens is 1. The Balaban J connectivity index is 1.77. The second-order valence-corrected chi connectivity index (χ2v) is 7.63. The van der Waals surface area contributed by atoms with Gasteiger partial charge < -0.3 is 10.1 Å². The molecule has 0 atom stereocenters. The lowest BCUT2D eigenvalue weighted by molar-refractivity contribution is 0.103. The second-order valence-electron chi connectivity index (χ2n) is 5.98. The van der Waals surface area contributed by atoms with Gasteiger partial charge in [0.15, 0.2) is 11.6 Å². The topological polar surface area (TPSA) is 84.5 Å². The monoisotopic (exact) mass is 386 g/mol. The minimum atomic E-state index is -4.00. The van der Waals surface area contributed by atoms with E-state index >= 15 is 0 Å². The molecule has 4 rings (SSSR count). The zero-order valence-electron chi connectivity index (χ0n) is 14.2. The van der Waals surface area contributed by atoms with Gasteiger partial charge in [-0.15, -0.1) is 0 Å². The molecule has 138 valence electrons. The van der Waals surface area contributed by atoms with Gasteiger partial charge >= 0.3 is 0 Å². The fraction of sp³-hybridized carbons (Fsp3) is 0.105. The smallest absolute Gasteiger partial charge is 0.262 e. The highest BCUT2D eigenvalue weighted by molar-refractivity contribution is 7.93. The summed E-state index contributed by atoms with van der Waals surface area (Å²) < 4.78 is 47.3. The molecule has 0 unspecified atom stereocenters. The molecule has 0 aromatic heterocycles. The maximum atomic E-state index is 14.0. The van der Waals surface area contributed by atoms with Crippen molar-refractivity contribution in [3.8, 4) is 5.75 Å². The number of sulfonamides is 1. The van der Waals surface area contributed by atoms with Gasteiger partial charge in [-0.25, -0.2) is 12.8 Å². The predicted octanol–water partition coefficient (Wildman–Crippen LogP) is 3.74. The van der Waals surface area contributed by atoms with E-state index in [0.29, 0.717) is 28.6 Å². The number of carbonyl (C=O) groups excluding carboxylic acids is 1. The van der Waals surface area contributed by atoms with E-state index in [1.807, 2.05) is 0 Å². The first-order valence-electron chi connectivity index (χ1n) is 8.23. The molecule has 0 aliphatic carbocycles. The van der Waals surface area contributed by atoms with Crippen LogP contribution in [0.25, 0.3) is 10.8 Å². The Bertz CT molecular complexity index is 1190. The van der Waals surface area contributed by atoms with Crippen LogP contribution in [0, 0.1) is 5.82 Å². The number of carbonyl (C=O) groups is 1. The lowest BCUT2D eigenvalue weighted by Gasteiger charge is -2.12. The van der Waals surface area contributed by atoms with Crippen LogP contribution in [0.3, 0.4) is 0 Å². The summed E-state index contributed by atoms with van der Waals surface area (Å²) in [5.74, 6) is -0.880. The highest BCUT2D eigenvalue weighted by atomic mass is 32.2. The molecule has 1 heterocycles. The molecular formula is C19H15FN2O4S. The van der Waals surface area contributed by atoms with Gasteiger partial charge in [-0.3, -0.25) is 9.52 Å². The molecule has 6 nitrogen and oxygen atoms in total. The zero-order valence-corrected chi connectivity index (χ0v) is 15.1. The minimum Gasteiger partial charge on any atom is -0.491 e. The third-order valence-corrected chi connectivity index (χ3v) is 5.71. The minimum absolute atomic E-state index is 0.00823. The van der Waals surface area contributed by atoms with Gasteiger partial charge in [0.05, 0.1) is 17.2 Å². The number of ether oxygens (including phenoxy) is 1. The molecule has 0 saturated heterocycles. The Labute approximate surface area is 155 Å². The Kier molecular flexibility index (Phi) is 4.00. The van der Waals surface area contributed by atoms with Gasteiger partial charge in [-0.2, -0.15) is 0 Å². The molecule has 0 saturated carbocycles. The van der Waals surface area contributed by atoms with Crippen molar-refractivity contribution in [3.05, 3.63) is 59.9 Å². The fourth-order valence-electron chi connectivity index (χ4n) is 3.14. The van der Waals surface area contributed by atoms with Crippen molar-refractivity contribution < 1.29 is 22.3 Å². The lowest BCUT2D eigenvalue weighted by Crippen LogP contribution is -2.13. The second kappa shape index (κ2) is 6.24. The van der Waals surface area contributed by atoms with E-state index in [0.717, 1.165) is 6.07 Å². The Morgan fingerprint density at radius 3 is 2.70 bits per heavy atom. The van der Waals surface area contributed by atoms with Crippen LogP contribution in [0.1, 0.15) is 17.3 Å². The van der Waals surface area contributed by atoms with E-state index in [9.17, 15) is 17.6 Å². The van der Waals surface area contributed by atoms with Gasteiger partial charge in [-0.05, 0) is 37.3 Å². The van der Waals surface area contributed by atoms with Crippen molar-refractivity contribution in [1.29, 1.82) is 0 Å². The molecule has 2 N–H and O–H groups in total. The maximum absolute atomic E-state index is 14.0. The van der Waals surface area contributed by atoms with Crippen molar-refractivity contribution in [3.63, 3.8) is 0 Å². The van der Waals surface area contributed by atoms with E-state index in [1.54, 1.807) is 31.2 Å². The van der Waals surface area contributed by atoms with Crippen molar-refractivity contribution in [2.24, 2.45) is 0 Å². The largest absolute Gasteiger partial charge is 0.491 e. The van der Waals surface area contributed by atoms with Gasteiger partial charge in [-0.1, -0.05) is 12.1 Å². The van der Waals surface area contributed by atoms with Gasteiger partial charge in [0.2, 0.25) is 0 Å². The molecule has 27 heavy (non-hydrogen) atoms. The number of rotatable bonds is 5. The van der Waals surface area contributed by atoms with E-state index < -0.39 is 15.8 Å². The van der Waals surface area contributed by atoms with Crippen LogP contribution in [-0.2, 0) is 10.0 Å². The first-order chi connectivity index (χ1) is 12.9. The normalized spacial score (nSPS) is 12.9. The predicted molar refractivity (Wildman–Crippen MR) is 100 cm³/mol. The standard InChI is InChI=1S/C19H15FN2O4S/c1-2-26-16-8-6-11(10-14(16)20)22-27(24,25)17-9-7-15-18-12(17)4-3-5-13(18)19(23)21-15/h3-10,22H,2H2,1H3,(H,21,23). The lowest BCUT2D eigenvalue weighted by atomic mass is 10.1. The van der Waals surface area contributed by atoms with Crippen LogP contribution in [-0.4, -0.2) is 20.9 Å². The molecule has 1 amide bonds. The summed E-state index contributed by atoms with van der Waals surface area (Å²) in [5.41, 5.74) is 1.07. The average molecular weight is 386 g/mol. The fourth-order valence-corrected chi connectivity index (χ4v) is 4.40. The number of anilines is 2. The summed E-state index contributed by atoms with van der Waals surface area (Å²) >= 11 is 0. The van der Waals surface area contributed by atoms with Crippen molar-refractivity contribution in [1.82, 2.24) is 0 Å². The van der Waals surface area contributed by atoms with Crippen molar-refractivity contribution >= 4 is 38.1 Å². The first-order valence-corrected chi connectivity index (χ1v) is 9.71. The van der Waals surface area contributed by atoms with Crippen LogP contribution in [0.5, 0.6) is 5.75 Å². The first kappa shape index (κ1) is 17.3. The van der Waals surface area contributed by atoms with Crippen LogP contribution >= 0.6 is 0 Å².